The van der Waals surface area contributed by atoms with E-state index in [1.54, 1.807) is 0 Å². The minimum absolute atomic E-state index is 0. The summed E-state index contributed by atoms with van der Waals surface area (Å²) >= 11 is 0. The Bertz CT molecular complexity index is 308. The lowest BCUT2D eigenvalue weighted by atomic mass is 10.1. The van der Waals surface area contributed by atoms with E-state index in [0.717, 1.165) is 6.42 Å². The molecule has 1 unspecified atom stereocenters. The summed E-state index contributed by atoms with van der Waals surface area (Å²) in [5, 5.41) is 2.42. The molecule has 1 saturated heterocycles. The Kier molecular flexibility index (Phi) is 7.33. The molecule has 2 rings (SSSR count). The summed E-state index contributed by atoms with van der Waals surface area (Å²) in [6, 6.07) is 11.3. The van der Waals surface area contributed by atoms with Crippen molar-refractivity contribution in [2.24, 2.45) is 0 Å². The van der Waals surface area contributed by atoms with E-state index in [1.165, 1.54) is 44.3 Å². The Morgan fingerprint density at radius 2 is 1.67 bits per heavy atom. The number of hydrogen-bond acceptors (Lipinski definition) is 2. The van der Waals surface area contributed by atoms with Crippen LogP contribution in [0.2, 0.25) is 0 Å². The van der Waals surface area contributed by atoms with Crippen molar-refractivity contribution < 1.29 is 0 Å². The van der Waals surface area contributed by atoms with E-state index in [9.17, 15) is 0 Å². The molecule has 0 bridgehead atoms. The summed E-state index contributed by atoms with van der Waals surface area (Å²) in [4.78, 5) is 0. The largest absolute Gasteiger partial charge is 0.252 e. The summed E-state index contributed by atoms with van der Waals surface area (Å²) in [5.41, 5.74) is 5.06. The highest BCUT2D eigenvalue weighted by molar-refractivity contribution is 5.85. The van der Waals surface area contributed by atoms with Crippen molar-refractivity contribution in [3.05, 3.63) is 35.9 Å². The second-order valence-electron chi connectivity index (χ2n) is 5.12. The standard InChI is InChI=1S/C15H24N2.ClH/c1-14(13-15-9-5-4-6-10-15)16-17-11-7-2-3-8-12-17;/h4-6,9-10,14,16H,2-3,7-8,11-13H2,1H3;1H. The molecule has 1 aromatic carbocycles. The Balaban J connectivity index is 0.00000162. The molecule has 1 aliphatic heterocycles. The van der Waals surface area contributed by atoms with Crippen LogP contribution in [0, 0.1) is 0 Å². The van der Waals surface area contributed by atoms with Gasteiger partial charge in [0.15, 0.2) is 0 Å². The quantitative estimate of drug-likeness (QED) is 0.900. The molecular weight excluding hydrogens is 244 g/mol. The smallest absolute Gasteiger partial charge is 0.0227 e. The first-order valence-corrected chi connectivity index (χ1v) is 6.89. The topological polar surface area (TPSA) is 15.3 Å². The summed E-state index contributed by atoms with van der Waals surface area (Å²) in [6.45, 7) is 4.69. The third kappa shape index (κ3) is 5.38. The van der Waals surface area contributed by atoms with Gasteiger partial charge in [0.2, 0.25) is 0 Å². The average Bonchev–Trinajstić information content (AvgIpc) is 2.59. The van der Waals surface area contributed by atoms with Crippen LogP contribution in [0.25, 0.3) is 0 Å². The molecule has 1 aliphatic rings. The average molecular weight is 269 g/mol. The second-order valence-corrected chi connectivity index (χ2v) is 5.12. The fourth-order valence-corrected chi connectivity index (χ4v) is 2.52. The van der Waals surface area contributed by atoms with Gasteiger partial charge >= 0.3 is 0 Å². The molecule has 18 heavy (non-hydrogen) atoms. The monoisotopic (exact) mass is 268 g/mol. The molecule has 2 nitrogen and oxygen atoms in total. The lowest BCUT2D eigenvalue weighted by Crippen LogP contribution is -2.44. The molecular formula is C15H25ClN2. The first kappa shape index (κ1) is 15.5. The van der Waals surface area contributed by atoms with E-state index in [-0.39, 0.29) is 12.4 Å². The van der Waals surface area contributed by atoms with Crippen LogP contribution in [0.15, 0.2) is 30.3 Å². The summed E-state index contributed by atoms with van der Waals surface area (Å²) in [7, 11) is 0. The van der Waals surface area contributed by atoms with Crippen molar-refractivity contribution in [3.63, 3.8) is 0 Å². The zero-order valence-corrected chi connectivity index (χ0v) is 12.1. The van der Waals surface area contributed by atoms with E-state index in [4.69, 9.17) is 0 Å². The van der Waals surface area contributed by atoms with Gasteiger partial charge < -0.3 is 0 Å². The van der Waals surface area contributed by atoms with E-state index >= 15 is 0 Å². The number of nitrogens with one attached hydrogen (secondary N) is 1. The molecule has 0 aliphatic carbocycles. The lowest BCUT2D eigenvalue weighted by Gasteiger charge is -2.25. The lowest BCUT2D eigenvalue weighted by molar-refractivity contribution is 0.168. The molecule has 0 aromatic heterocycles. The van der Waals surface area contributed by atoms with Crippen molar-refractivity contribution in [3.8, 4) is 0 Å². The number of hydrazine groups is 1. The summed E-state index contributed by atoms with van der Waals surface area (Å²) in [6.07, 6.45) is 6.57. The van der Waals surface area contributed by atoms with Crippen LogP contribution in [0.1, 0.15) is 38.2 Å². The van der Waals surface area contributed by atoms with Crippen LogP contribution in [-0.4, -0.2) is 24.1 Å². The number of rotatable bonds is 4. The van der Waals surface area contributed by atoms with Crippen LogP contribution in [0.5, 0.6) is 0 Å². The van der Waals surface area contributed by atoms with Gasteiger partial charge in [-0.2, -0.15) is 0 Å². The van der Waals surface area contributed by atoms with Crippen molar-refractivity contribution in [2.45, 2.75) is 45.1 Å². The van der Waals surface area contributed by atoms with E-state index in [2.05, 4.69) is 47.7 Å². The van der Waals surface area contributed by atoms with Crippen molar-refractivity contribution in [2.75, 3.05) is 13.1 Å². The maximum absolute atomic E-state index is 3.64. The maximum Gasteiger partial charge on any atom is 0.0227 e. The summed E-state index contributed by atoms with van der Waals surface area (Å²) in [5.74, 6) is 0. The van der Waals surface area contributed by atoms with Crippen molar-refractivity contribution in [1.29, 1.82) is 0 Å². The molecule has 0 saturated carbocycles. The maximum atomic E-state index is 3.64. The van der Waals surface area contributed by atoms with Gasteiger partial charge in [-0.3, -0.25) is 5.43 Å². The third-order valence-electron chi connectivity index (χ3n) is 3.39. The Labute approximate surface area is 117 Å². The normalized spacial score (nSPS) is 18.7. The highest BCUT2D eigenvalue weighted by Crippen LogP contribution is 2.09. The van der Waals surface area contributed by atoms with Crippen LogP contribution in [-0.2, 0) is 6.42 Å². The van der Waals surface area contributed by atoms with Gasteiger partial charge in [0.1, 0.15) is 0 Å². The first-order valence-electron chi connectivity index (χ1n) is 6.89. The Morgan fingerprint density at radius 3 is 2.28 bits per heavy atom. The van der Waals surface area contributed by atoms with Gasteiger partial charge in [0.05, 0.1) is 0 Å². The molecule has 102 valence electrons. The predicted molar refractivity (Wildman–Crippen MR) is 80.0 cm³/mol. The number of benzene rings is 1. The van der Waals surface area contributed by atoms with Gasteiger partial charge in [0.25, 0.3) is 0 Å². The van der Waals surface area contributed by atoms with E-state index in [0.29, 0.717) is 6.04 Å². The summed E-state index contributed by atoms with van der Waals surface area (Å²) < 4.78 is 0. The highest BCUT2D eigenvalue weighted by atomic mass is 35.5. The molecule has 0 spiro atoms. The minimum atomic E-state index is 0. The van der Waals surface area contributed by atoms with Gasteiger partial charge in [-0.15, -0.1) is 12.4 Å². The highest BCUT2D eigenvalue weighted by Gasteiger charge is 2.11. The molecule has 0 amide bonds. The fourth-order valence-electron chi connectivity index (χ4n) is 2.52. The molecule has 3 heteroatoms. The van der Waals surface area contributed by atoms with Crippen LogP contribution in [0.3, 0.4) is 0 Å². The van der Waals surface area contributed by atoms with Crippen LogP contribution in [0.4, 0.5) is 0 Å². The fraction of sp³-hybridized carbons (Fsp3) is 0.600. The van der Waals surface area contributed by atoms with Crippen LogP contribution < -0.4 is 5.43 Å². The molecule has 1 fully saturated rings. The van der Waals surface area contributed by atoms with Gasteiger partial charge in [0, 0.05) is 19.1 Å². The van der Waals surface area contributed by atoms with Gasteiger partial charge in [-0.25, -0.2) is 5.01 Å². The van der Waals surface area contributed by atoms with E-state index < -0.39 is 0 Å². The number of halogens is 1. The SMILES string of the molecule is CC(Cc1ccccc1)NN1CCCCCC1.Cl. The molecule has 1 atom stereocenters. The third-order valence-corrected chi connectivity index (χ3v) is 3.39. The zero-order chi connectivity index (χ0) is 11.9. The van der Waals surface area contributed by atoms with Gasteiger partial charge in [-0.05, 0) is 31.7 Å². The Hall–Kier alpha value is -0.570. The first-order chi connectivity index (χ1) is 8.34. The number of nitrogens with zero attached hydrogens (tertiary/aromatic N) is 1. The zero-order valence-electron chi connectivity index (χ0n) is 11.3. The minimum Gasteiger partial charge on any atom is -0.252 e. The van der Waals surface area contributed by atoms with Gasteiger partial charge in [-0.1, -0.05) is 43.2 Å². The van der Waals surface area contributed by atoms with E-state index in [1.807, 2.05) is 0 Å². The molecule has 1 N–H and O–H groups in total. The number of hydrogen-bond donors (Lipinski definition) is 1. The van der Waals surface area contributed by atoms with Crippen LogP contribution >= 0.6 is 12.4 Å². The van der Waals surface area contributed by atoms with Crippen molar-refractivity contribution >= 4 is 12.4 Å². The molecule has 1 heterocycles. The molecule has 0 radical (unpaired) electrons. The predicted octanol–water partition coefficient (Wildman–Crippen LogP) is 3.42. The Morgan fingerprint density at radius 1 is 1.06 bits per heavy atom. The second kappa shape index (κ2) is 8.52. The van der Waals surface area contributed by atoms with Crippen molar-refractivity contribution in [1.82, 2.24) is 10.4 Å². The molecule has 1 aromatic rings.